The number of carbonyl (C=O) groups excluding carboxylic acids is 2. The van der Waals surface area contributed by atoms with Crippen molar-refractivity contribution in [1.82, 2.24) is 21.1 Å². The highest BCUT2D eigenvalue weighted by molar-refractivity contribution is 5.79. The Morgan fingerprint density at radius 3 is 2.40 bits per heavy atom. The number of nitrogens with zero attached hydrogens (tertiary/aromatic N) is 1. The van der Waals surface area contributed by atoms with Gasteiger partial charge in [0.05, 0.1) is 12.2 Å². The molecule has 0 aliphatic carbocycles. The van der Waals surface area contributed by atoms with E-state index in [1.807, 2.05) is 0 Å². The first-order valence-corrected chi connectivity index (χ1v) is 8.46. The summed E-state index contributed by atoms with van der Waals surface area (Å²) in [6.45, 7) is 2.68. The molecule has 0 bridgehead atoms. The van der Waals surface area contributed by atoms with Gasteiger partial charge in [0, 0.05) is 37.9 Å². The summed E-state index contributed by atoms with van der Waals surface area (Å²) >= 11 is 0. The van der Waals surface area contributed by atoms with Gasteiger partial charge in [-0.05, 0) is 25.0 Å². The second kappa shape index (κ2) is 7.45. The summed E-state index contributed by atoms with van der Waals surface area (Å²) in [7, 11) is 0. The Balaban J connectivity index is 1.53. The number of rotatable bonds is 3. The van der Waals surface area contributed by atoms with Crippen LogP contribution in [0.2, 0.25) is 0 Å². The number of amides is 2. The highest BCUT2D eigenvalue weighted by Crippen LogP contribution is 2.27. The summed E-state index contributed by atoms with van der Waals surface area (Å²) in [6.07, 6.45) is 1.19. The summed E-state index contributed by atoms with van der Waals surface area (Å²) in [5, 5.41) is 2.87. The minimum atomic E-state index is -0.608. The molecule has 136 valence electrons. The lowest BCUT2D eigenvalue weighted by Crippen LogP contribution is -2.48. The first-order chi connectivity index (χ1) is 12.0. The molecule has 6 nitrogen and oxygen atoms in total. The Morgan fingerprint density at radius 2 is 1.80 bits per heavy atom. The Labute approximate surface area is 144 Å². The lowest BCUT2D eigenvalue weighted by atomic mass is 9.95. The zero-order valence-electron chi connectivity index (χ0n) is 14.0. The van der Waals surface area contributed by atoms with Gasteiger partial charge in [0.2, 0.25) is 11.8 Å². The van der Waals surface area contributed by atoms with Crippen LogP contribution in [-0.2, 0) is 9.59 Å². The van der Waals surface area contributed by atoms with Gasteiger partial charge in [0.25, 0.3) is 0 Å². The fourth-order valence-corrected chi connectivity index (χ4v) is 3.43. The van der Waals surface area contributed by atoms with Crippen LogP contribution in [-0.4, -0.2) is 36.0 Å². The molecule has 0 aromatic heterocycles. The third-order valence-electron chi connectivity index (χ3n) is 4.88. The minimum absolute atomic E-state index is 0.0234. The minimum Gasteiger partial charge on any atom is -0.343 e. The Morgan fingerprint density at radius 1 is 1.16 bits per heavy atom. The Bertz CT molecular complexity index is 642. The summed E-state index contributed by atoms with van der Waals surface area (Å²) in [5.74, 6) is -1.44. The molecule has 3 N–H and O–H groups in total. The second-order valence-electron chi connectivity index (χ2n) is 6.55. The number of halogens is 2. The Kier molecular flexibility index (Phi) is 5.29. The van der Waals surface area contributed by atoms with Crippen molar-refractivity contribution in [3.05, 3.63) is 35.4 Å². The third-order valence-corrected chi connectivity index (χ3v) is 4.88. The standard InChI is InChI=1S/C17H22F2N4O2/c1-10(24)23-7-5-11(6-8-23)17(25)20-15-9-14(21-22-15)16-12(18)3-2-4-13(16)19/h2-4,11,14-15,21-22H,5-9H2,1H3,(H,20,25). The summed E-state index contributed by atoms with van der Waals surface area (Å²) in [5.41, 5.74) is 5.69. The first kappa shape index (κ1) is 17.8. The second-order valence-corrected chi connectivity index (χ2v) is 6.55. The number of piperidine rings is 1. The number of hydrogen-bond donors (Lipinski definition) is 3. The van der Waals surface area contributed by atoms with E-state index in [1.54, 1.807) is 4.90 Å². The maximum Gasteiger partial charge on any atom is 0.224 e. The van der Waals surface area contributed by atoms with E-state index in [2.05, 4.69) is 16.2 Å². The zero-order chi connectivity index (χ0) is 18.0. The normalized spacial score (nSPS) is 24.4. The van der Waals surface area contributed by atoms with E-state index in [4.69, 9.17) is 0 Å². The maximum absolute atomic E-state index is 13.9. The molecule has 25 heavy (non-hydrogen) atoms. The average molecular weight is 352 g/mol. The number of hydrazine groups is 1. The van der Waals surface area contributed by atoms with Crippen LogP contribution in [0.4, 0.5) is 8.78 Å². The van der Waals surface area contributed by atoms with E-state index >= 15 is 0 Å². The molecule has 2 atom stereocenters. The molecule has 3 rings (SSSR count). The molecule has 2 aliphatic heterocycles. The molecular weight excluding hydrogens is 330 g/mol. The van der Waals surface area contributed by atoms with Crippen LogP contribution < -0.4 is 16.2 Å². The SMILES string of the molecule is CC(=O)N1CCC(C(=O)NC2CC(c3c(F)cccc3F)NN2)CC1. The van der Waals surface area contributed by atoms with Crippen molar-refractivity contribution in [2.45, 2.75) is 38.4 Å². The van der Waals surface area contributed by atoms with Crippen LogP contribution in [0, 0.1) is 17.6 Å². The molecule has 2 heterocycles. The van der Waals surface area contributed by atoms with Crippen LogP contribution in [0.15, 0.2) is 18.2 Å². The van der Waals surface area contributed by atoms with Gasteiger partial charge >= 0.3 is 0 Å². The van der Waals surface area contributed by atoms with E-state index in [0.29, 0.717) is 32.4 Å². The highest BCUT2D eigenvalue weighted by Gasteiger charge is 2.32. The van der Waals surface area contributed by atoms with Gasteiger partial charge in [0.1, 0.15) is 11.6 Å². The van der Waals surface area contributed by atoms with Crippen molar-refractivity contribution in [2.24, 2.45) is 5.92 Å². The van der Waals surface area contributed by atoms with Crippen molar-refractivity contribution in [3.63, 3.8) is 0 Å². The smallest absolute Gasteiger partial charge is 0.224 e. The largest absolute Gasteiger partial charge is 0.343 e. The molecular formula is C17H22F2N4O2. The quantitative estimate of drug-likeness (QED) is 0.764. The maximum atomic E-state index is 13.9. The van der Waals surface area contributed by atoms with Crippen molar-refractivity contribution in [3.8, 4) is 0 Å². The molecule has 2 fully saturated rings. The van der Waals surface area contributed by atoms with Crippen LogP contribution >= 0.6 is 0 Å². The molecule has 1 aromatic rings. The third kappa shape index (κ3) is 3.96. The summed E-state index contributed by atoms with van der Waals surface area (Å²) in [4.78, 5) is 25.4. The van der Waals surface area contributed by atoms with E-state index in [0.717, 1.165) is 0 Å². The first-order valence-electron chi connectivity index (χ1n) is 8.46. The van der Waals surface area contributed by atoms with Crippen LogP contribution in [0.25, 0.3) is 0 Å². The van der Waals surface area contributed by atoms with Gasteiger partial charge in [-0.2, -0.15) is 0 Å². The fourth-order valence-electron chi connectivity index (χ4n) is 3.43. The average Bonchev–Trinajstić information content (AvgIpc) is 3.02. The monoisotopic (exact) mass is 352 g/mol. The number of hydrogen-bond acceptors (Lipinski definition) is 4. The van der Waals surface area contributed by atoms with Crippen molar-refractivity contribution in [1.29, 1.82) is 0 Å². The van der Waals surface area contributed by atoms with Gasteiger partial charge < -0.3 is 10.2 Å². The van der Waals surface area contributed by atoms with Gasteiger partial charge in [-0.3, -0.25) is 9.59 Å². The number of likely N-dealkylation sites (tertiary alicyclic amines) is 1. The van der Waals surface area contributed by atoms with Crippen LogP contribution in [0.3, 0.4) is 0 Å². The summed E-state index contributed by atoms with van der Waals surface area (Å²) < 4.78 is 27.7. The van der Waals surface area contributed by atoms with E-state index in [-0.39, 0.29) is 23.3 Å². The molecule has 2 saturated heterocycles. The Hall–Kier alpha value is -2.06. The molecule has 1 aromatic carbocycles. The fraction of sp³-hybridized carbons (Fsp3) is 0.529. The van der Waals surface area contributed by atoms with Crippen molar-refractivity contribution >= 4 is 11.8 Å². The van der Waals surface area contributed by atoms with Gasteiger partial charge in [-0.1, -0.05) is 6.07 Å². The molecule has 8 heteroatoms. The van der Waals surface area contributed by atoms with Gasteiger partial charge in [0.15, 0.2) is 0 Å². The van der Waals surface area contributed by atoms with E-state index in [9.17, 15) is 18.4 Å². The van der Waals surface area contributed by atoms with E-state index < -0.39 is 23.8 Å². The van der Waals surface area contributed by atoms with Crippen molar-refractivity contribution < 1.29 is 18.4 Å². The molecule has 2 unspecified atom stereocenters. The topological polar surface area (TPSA) is 73.5 Å². The number of nitrogens with one attached hydrogen (secondary N) is 3. The van der Waals surface area contributed by atoms with Gasteiger partial charge in [-0.25, -0.2) is 19.6 Å². The lowest BCUT2D eigenvalue weighted by molar-refractivity contribution is -0.134. The molecule has 0 saturated carbocycles. The van der Waals surface area contributed by atoms with Crippen LogP contribution in [0.5, 0.6) is 0 Å². The lowest BCUT2D eigenvalue weighted by Gasteiger charge is -2.31. The summed E-state index contributed by atoms with van der Waals surface area (Å²) in [6, 6.07) is 3.21. The molecule has 0 spiro atoms. The van der Waals surface area contributed by atoms with E-state index in [1.165, 1.54) is 25.1 Å². The number of benzene rings is 1. The van der Waals surface area contributed by atoms with Gasteiger partial charge in [-0.15, -0.1) is 0 Å². The van der Waals surface area contributed by atoms with Crippen molar-refractivity contribution in [2.75, 3.05) is 13.1 Å². The number of carbonyl (C=O) groups is 2. The highest BCUT2D eigenvalue weighted by atomic mass is 19.1. The predicted molar refractivity (Wildman–Crippen MR) is 86.9 cm³/mol. The zero-order valence-corrected chi connectivity index (χ0v) is 14.0. The molecule has 0 radical (unpaired) electrons. The predicted octanol–water partition coefficient (Wildman–Crippen LogP) is 1.20. The van der Waals surface area contributed by atoms with Crippen LogP contribution in [0.1, 0.15) is 37.8 Å². The molecule has 2 aliphatic rings. The molecule has 2 amide bonds.